The molecule has 0 radical (unpaired) electrons. The highest BCUT2D eigenvalue weighted by Crippen LogP contribution is 2.36. The summed E-state index contributed by atoms with van der Waals surface area (Å²) in [4.78, 5) is 24.8. The zero-order chi connectivity index (χ0) is 29.1. The molecule has 15 heteroatoms. The van der Waals surface area contributed by atoms with Crippen molar-refractivity contribution in [2.24, 2.45) is 0 Å². The lowest BCUT2D eigenvalue weighted by atomic mass is 10.2. The second kappa shape index (κ2) is 11.0. The van der Waals surface area contributed by atoms with Crippen molar-refractivity contribution >= 4 is 28.4 Å². The van der Waals surface area contributed by atoms with Crippen LogP contribution in [0.15, 0.2) is 67.3 Å². The van der Waals surface area contributed by atoms with Crippen molar-refractivity contribution in [3.63, 3.8) is 0 Å². The summed E-state index contributed by atoms with van der Waals surface area (Å²) in [5.41, 5.74) is -0.645. The third-order valence-electron chi connectivity index (χ3n) is 5.59. The molecular formula is C26H19F4N7O4. The number of anilines is 2. The number of carbonyl (C=O) groups excluding carboxylic acids is 1. The number of alkyl halides is 3. The molecule has 0 aliphatic rings. The van der Waals surface area contributed by atoms with Gasteiger partial charge in [0, 0.05) is 30.0 Å². The van der Waals surface area contributed by atoms with E-state index in [0.717, 1.165) is 23.1 Å². The third kappa shape index (κ3) is 5.93. The van der Waals surface area contributed by atoms with E-state index in [1.807, 2.05) is 0 Å². The van der Waals surface area contributed by atoms with Crippen molar-refractivity contribution in [2.45, 2.75) is 6.18 Å². The predicted octanol–water partition coefficient (Wildman–Crippen LogP) is 5.82. The molecular weight excluding hydrogens is 550 g/mol. The molecule has 0 unspecified atom stereocenters. The van der Waals surface area contributed by atoms with Gasteiger partial charge in [-0.3, -0.25) is 10.3 Å². The van der Waals surface area contributed by atoms with Crippen LogP contribution in [0.5, 0.6) is 23.1 Å². The van der Waals surface area contributed by atoms with Crippen molar-refractivity contribution in [3.05, 3.63) is 78.8 Å². The first-order valence-corrected chi connectivity index (χ1v) is 11.7. The molecule has 0 aliphatic heterocycles. The summed E-state index contributed by atoms with van der Waals surface area (Å²) in [5.74, 6) is 0.227. The molecule has 2 amide bonds. The van der Waals surface area contributed by atoms with E-state index >= 15 is 0 Å². The summed E-state index contributed by atoms with van der Waals surface area (Å²) in [6.07, 6.45) is -1.52. The van der Waals surface area contributed by atoms with Gasteiger partial charge in [0.25, 0.3) is 0 Å². The van der Waals surface area contributed by atoms with Gasteiger partial charge in [0.1, 0.15) is 23.7 Å². The molecule has 3 heterocycles. The topological polar surface area (TPSA) is 125 Å². The third-order valence-corrected chi connectivity index (χ3v) is 5.59. The number of methoxy groups -OCH3 is 2. The summed E-state index contributed by atoms with van der Waals surface area (Å²) in [5, 5.41) is 8.80. The van der Waals surface area contributed by atoms with Crippen LogP contribution in [0.2, 0.25) is 0 Å². The highest BCUT2D eigenvalue weighted by molar-refractivity contribution is 5.99. The van der Waals surface area contributed by atoms with Crippen molar-refractivity contribution in [2.75, 3.05) is 24.9 Å². The minimum Gasteiger partial charge on any atom is -0.493 e. The van der Waals surface area contributed by atoms with E-state index in [0.29, 0.717) is 28.5 Å². The number of fused-ring (bicyclic) bond motifs is 1. The van der Waals surface area contributed by atoms with E-state index in [1.165, 1.54) is 32.7 Å². The average Bonchev–Trinajstić information content (AvgIpc) is 3.37. The molecule has 0 spiro atoms. The van der Waals surface area contributed by atoms with Crippen LogP contribution in [0.25, 0.3) is 16.6 Å². The lowest BCUT2D eigenvalue weighted by Crippen LogP contribution is -2.21. The maximum atomic E-state index is 13.7. The number of carbonyl (C=O) groups is 1. The number of rotatable bonds is 7. The van der Waals surface area contributed by atoms with E-state index < -0.39 is 23.7 Å². The first kappa shape index (κ1) is 27.1. The summed E-state index contributed by atoms with van der Waals surface area (Å²) < 4.78 is 71.0. The van der Waals surface area contributed by atoms with Gasteiger partial charge in [0.2, 0.25) is 5.88 Å². The number of nitrogens with one attached hydrogen (secondary N) is 2. The molecule has 2 N–H and O–H groups in total. The van der Waals surface area contributed by atoms with E-state index in [-0.39, 0.29) is 28.8 Å². The van der Waals surface area contributed by atoms with Crippen LogP contribution in [0.4, 0.5) is 33.9 Å². The zero-order valence-corrected chi connectivity index (χ0v) is 21.2. The lowest BCUT2D eigenvalue weighted by Gasteiger charge is -2.12. The van der Waals surface area contributed by atoms with Gasteiger partial charge in [-0.05, 0) is 18.2 Å². The lowest BCUT2D eigenvalue weighted by molar-refractivity contribution is -0.141. The molecule has 2 aromatic carbocycles. The maximum absolute atomic E-state index is 13.7. The number of amides is 2. The molecule has 0 atom stereocenters. The first-order chi connectivity index (χ1) is 19.6. The predicted molar refractivity (Wildman–Crippen MR) is 138 cm³/mol. The molecule has 41 heavy (non-hydrogen) atoms. The van der Waals surface area contributed by atoms with Gasteiger partial charge >= 0.3 is 12.2 Å². The van der Waals surface area contributed by atoms with Crippen molar-refractivity contribution < 1.29 is 36.6 Å². The van der Waals surface area contributed by atoms with Crippen molar-refractivity contribution in [1.82, 2.24) is 24.7 Å². The van der Waals surface area contributed by atoms with Crippen LogP contribution in [-0.4, -0.2) is 45.0 Å². The number of urea groups is 1. The van der Waals surface area contributed by atoms with Crippen LogP contribution in [0, 0.1) is 5.82 Å². The number of benzene rings is 2. The first-order valence-electron chi connectivity index (χ1n) is 11.7. The minimum atomic E-state index is -4.81. The number of aromatic nitrogens is 5. The molecule has 0 saturated heterocycles. The minimum absolute atomic E-state index is 0.127. The Kier molecular flexibility index (Phi) is 7.24. The molecule has 0 saturated carbocycles. The normalized spacial score (nSPS) is 11.3. The Bertz CT molecular complexity index is 1740. The standard InChI is InChI=1S/C26H19F4N7O4/c1-39-20-8-18-19(9-21(20)40-2)32-13-33-24(18)41-17-5-3-4-15(7-17)34-25(38)35-23-10-22(26(28,29)30)36-37(23)16-6-14(27)11-31-12-16/h3-13H,1-2H3,(H2,34,35,38). The van der Waals surface area contributed by atoms with Crippen LogP contribution >= 0.6 is 0 Å². The van der Waals surface area contributed by atoms with E-state index in [2.05, 4.69) is 30.7 Å². The van der Waals surface area contributed by atoms with Gasteiger partial charge < -0.3 is 19.5 Å². The molecule has 5 rings (SSSR count). The molecule has 5 aromatic rings. The van der Waals surface area contributed by atoms with Gasteiger partial charge in [-0.1, -0.05) is 6.07 Å². The molecule has 0 bridgehead atoms. The number of hydrogen-bond donors (Lipinski definition) is 2. The molecule has 0 fully saturated rings. The second-order valence-corrected chi connectivity index (χ2v) is 8.30. The Morgan fingerprint density at radius 2 is 1.73 bits per heavy atom. The summed E-state index contributed by atoms with van der Waals surface area (Å²) >= 11 is 0. The van der Waals surface area contributed by atoms with Crippen molar-refractivity contribution in [3.8, 4) is 28.8 Å². The largest absolute Gasteiger partial charge is 0.493 e. The van der Waals surface area contributed by atoms with E-state index in [4.69, 9.17) is 14.2 Å². The fourth-order valence-corrected chi connectivity index (χ4v) is 3.79. The highest BCUT2D eigenvalue weighted by Gasteiger charge is 2.35. The smallest absolute Gasteiger partial charge is 0.435 e. The monoisotopic (exact) mass is 569 g/mol. The number of nitrogens with zero attached hydrogens (tertiary/aromatic N) is 5. The number of hydrogen-bond acceptors (Lipinski definition) is 8. The fraction of sp³-hybridized carbons (Fsp3) is 0.115. The number of pyridine rings is 1. The SMILES string of the molecule is COc1cc2ncnc(Oc3cccc(NC(=O)Nc4cc(C(F)(F)F)nn4-c4cncc(F)c4)c3)c2cc1OC. The summed E-state index contributed by atoms with van der Waals surface area (Å²) in [6, 6.07) is 10.2. The van der Waals surface area contributed by atoms with Gasteiger partial charge in [0.15, 0.2) is 17.2 Å². The maximum Gasteiger partial charge on any atom is 0.435 e. The quantitative estimate of drug-likeness (QED) is 0.235. The molecule has 0 aliphatic carbocycles. The Morgan fingerprint density at radius 1 is 0.951 bits per heavy atom. The number of halogens is 4. The van der Waals surface area contributed by atoms with E-state index in [1.54, 1.807) is 24.3 Å². The zero-order valence-electron chi connectivity index (χ0n) is 21.2. The highest BCUT2D eigenvalue weighted by atomic mass is 19.4. The van der Waals surface area contributed by atoms with E-state index in [9.17, 15) is 22.4 Å². The van der Waals surface area contributed by atoms with Crippen LogP contribution in [0.3, 0.4) is 0 Å². The van der Waals surface area contributed by atoms with Crippen LogP contribution in [0.1, 0.15) is 5.69 Å². The van der Waals surface area contributed by atoms with Crippen LogP contribution in [-0.2, 0) is 6.18 Å². The van der Waals surface area contributed by atoms with Gasteiger partial charge in [-0.25, -0.2) is 23.8 Å². The number of ether oxygens (including phenoxy) is 3. The molecule has 210 valence electrons. The van der Waals surface area contributed by atoms with Gasteiger partial charge in [0.05, 0.1) is 43.2 Å². The Balaban J connectivity index is 1.37. The Hall–Kier alpha value is -5.47. The van der Waals surface area contributed by atoms with Gasteiger partial charge in [-0.2, -0.15) is 18.3 Å². The summed E-state index contributed by atoms with van der Waals surface area (Å²) in [6.45, 7) is 0. The molecule has 11 nitrogen and oxygen atoms in total. The van der Waals surface area contributed by atoms with Gasteiger partial charge in [-0.15, -0.1) is 0 Å². The fourth-order valence-electron chi connectivity index (χ4n) is 3.79. The second-order valence-electron chi connectivity index (χ2n) is 8.30. The Labute approximate surface area is 228 Å². The average molecular weight is 569 g/mol. The molecule has 3 aromatic heterocycles. The van der Waals surface area contributed by atoms with Crippen LogP contribution < -0.4 is 24.8 Å². The summed E-state index contributed by atoms with van der Waals surface area (Å²) in [7, 11) is 2.98. The van der Waals surface area contributed by atoms with Crippen molar-refractivity contribution in [1.29, 1.82) is 0 Å². The Morgan fingerprint density at radius 3 is 2.46 bits per heavy atom.